The molecule has 0 radical (unpaired) electrons. The van der Waals surface area contributed by atoms with Crippen LogP contribution in [0, 0.1) is 4.91 Å². The van der Waals surface area contributed by atoms with Crippen molar-refractivity contribution in [2.45, 2.75) is 13.0 Å². The van der Waals surface area contributed by atoms with E-state index in [1.165, 1.54) is 0 Å². The Kier molecular flexibility index (Phi) is 5.58. The quantitative estimate of drug-likeness (QED) is 0.466. The highest BCUT2D eigenvalue weighted by Gasteiger charge is 2.30. The number of nitrogens with one attached hydrogen (secondary N) is 1. The number of amides is 2. The number of nitroso groups, excluding NO2 is 1. The molecule has 0 fully saturated rings. The van der Waals surface area contributed by atoms with Crippen molar-refractivity contribution in [2.24, 2.45) is 5.29 Å². The van der Waals surface area contributed by atoms with E-state index >= 15 is 0 Å². The van der Waals surface area contributed by atoms with Crippen molar-refractivity contribution in [3.8, 4) is 17.2 Å². The lowest BCUT2D eigenvalue weighted by Crippen LogP contribution is -2.40. The van der Waals surface area contributed by atoms with Crippen molar-refractivity contribution in [1.29, 1.82) is 0 Å². The first-order chi connectivity index (χ1) is 12.7. The normalized spacial score (nSPS) is 14.5. The first-order valence-electron chi connectivity index (χ1n) is 8.18. The van der Waals surface area contributed by atoms with E-state index in [9.17, 15) is 9.70 Å². The monoisotopic (exact) mass is 375 g/mol. The van der Waals surface area contributed by atoms with E-state index < -0.39 is 12.1 Å². The molecular formula is C18H18ClN3O4. The summed E-state index contributed by atoms with van der Waals surface area (Å²) in [5, 5.41) is 6.33. The van der Waals surface area contributed by atoms with Gasteiger partial charge in [-0.1, -0.05) is 18.2 Å². The third-order valence-corrected chi connectivity index (χ3v) is 4.12. The Labute approximate surface area is 155 Å². The molecule has 0 spiro atoms. The van der Waals surface area contributed by atoms with Crippen LogP contribution >= 0.6 is 11.6 Å². The molecule has 0 saturated heterocycles. The fraction of sp³-hybridized carbons (Fsp3) is 0.278. The van der Waals surface area contributed by atoms with Crippen LogP contribution in [0.3, 0.4) is 0 Å². The van der Waals surface area contributed by atoms with E-state index in [0.29, 0.717) is 23.9 Å². The van der Waals surface area contributed by atoms with Crippen LogP contribution in [0.5, 0.6) is 17.2 Å². The lowest BCUT2D eigenvalue weighted by atomic mass is 9.94. The molecule has 26 heavy (non-hydrogen) atoms. The highest BCUT2D eigenvalue weighted by molar-refractivity contribution is 6.18. The van der Waals surface area contributed by atoms with Crippen LogP contribution in [-0.2, 0) is 0 Å². The lowest BCUT2D eigenvalue weighted by Gasteiger charge is -2.30. The predicted molar refractivity (Wildman–Crippen MR) is 97.7 cm³/mol. The largest absolute Gasteiger partial charge is 0.494 e. The summed E-state index contributed by atoms with van der Waals surface area (Å²) in [7, 11) is 0. The summed E-state index contributed by atoms with van der Waals surface area (Å²) in [6.07, 6.45) is 0. The lowest BCUT2D eigenvalue weighted by molar-refractivity contribution is 0.199. The Morgan fingerprint density at radius 1 is 1.27 bits per heavy atom. The van der Waals surface area contributed by atoms with Gasteiger partial charge in [-0.3, -0.25) is 0 Å². The van der Waals surface area contributed by atoms with Gasteiger partial charge in [0.05, 0.1) is 24.5 Å². The Hall–Kier alpha value is -2.80. The van der Waals surface area contributed by atoms with Crippen molar-refractivity contribution in [1.82, 2.24) is 10.3 Å². The number of para-hydroxylation sites is 1. The van der Waals surface area contributed by atoms with Gasteiger partial charge in [-0.05, 0) is 31.2 Å². The number of benzene rings is 2. The summed E-state index contributed by atoms with van der Waals surface area (Å²) in [6, 6.07) is 11.7. The van der Waals surface area contributed by atoms with Gasteiger partial charge in [-0.2, -0.15) is 5.01 Å². The SMILES string of the molecule is CCOc1ccc2c(c1)C(NC(=O)N(CCCl)N=O)c1ccccc1O2. The van der Waals surface area contributed by atoms with E-state index in [1.54, 1.807) is 6.07 Å². The fourth-order valence-corrected chi connectivity index (χ4v) is 2.97. The number of fused-ring (bicyclic) bond motifs is 2. The summed E-state index contributed by atoms with van der Waals surface area (Å²) in [5.41, 5.74) is 1.51. The van der Waals surface area contributed by atoms with Crippen molar-refractivity contribution < 1.29 is 14.3 Å². The van der Waals surface area contributed by atoms with Crippen LogP contribution in [0.1, 0.15) is 24.1 Å². The zero-order valence-corrected chi connectivity index (χ0v) is 14.9. The zero-order chi connectivity index (χ0) is 18.5. The Morgan fingerprint density at radius 2 is 2.04 bits per heavy atom. The maximum atomic E-state index is 12.5. The summed E-state index contributed by atoms with van der Waals surface area (Å²) in [4.78, 5) is 23.4. The van der Waals surface area contributed by atoms with Gasteiger partial charge in [0.25, 0.3) is 0 Å². The van der Waals surface area contributed by atoms with Gasteiger partial charge < -0.3 is 14.8 Å². The minimum absolute atomic E-state index is 0.0214. The average Bonchev–Trinajstić information content (AvgIpc) is 2.66. The highest BCUT2D eigenvalue weighted by atomic mass is 35.5. The van der Waals surface area contributed by atoms with Crippen LogP contribution in [-0.4, -0.2) is 30.1 Å². The molecule has 0 aromatic heterocycles. The molecule has 136 valence electrons. The van der Waals surface area contributed by atoms with Gasteiger partial charge in [-0.15, -0.1) is 16.5 Å². The molecule has 1 aliphatic rings. The second kappa shape index (κ2) is 8.05. The first kappa shape index (κ1) is 18.0. The standard InChI is InChI=1S/C18H18ClN3O4/c1-2-25-12-7-8-16-14(11-12)17(13-5-3-4-6-15(13)26-16)20-18(23)22(21-24)10-9-19/h3-8,11,17H,2,9-10H2,1H3,(H,20,23). The number of halogens is 1. The Morgan fingerprint density at radius 3 is 2.77 bits per heavy atom. The van der Waals surface area contributed by atoms with Crippen LogP contribution in [0.4, 0.5) is 4.79 Å². The van der Waals surface area contributed by atoms with E-state index in [1.807, 2.05) is 43.3 Å². The topological polar surface area (TPSA) is 80.2 Å². The second-order valence-corrected chi connectivity index (χ2v) is 5.93. The molecule has 2 amide bonds. The molecule has 0 saturated carbocycles. The van der Waals surface area contributed by atoms with E-state index in [0.717, 1.165) is 16.1 Å². The van der Waals surface area contributed by atoms with Gasteiger partial charge in [-0.25, -0.2) is 4.79 Å². The second-order valence-electron chi connectivity index (χ2n) is 5.55. The molecule has 8 heteroatoms. The van der Waals surface area contributed by atoms with Crippen molar-refractivity contribution >= 4 is 17.6 Å². The first-order valence-corrected chi connectivity index (χ1v) is 8.72. The number of urea groups is 1. The summed E-state index contributed by atoms with van der Waals surface area (Å²) >= 11 is 5.62. The predicted octanol–water partition coefficient (Wildman–Crippen LogP) is 4.21. The molecule has 1 unspecified atom stereocenters. The van der Waals surface area contributed by atoms with Crippen LogP contribution in [0.25, 0.3) is 0 Å². The molecule has 1 N–H and O–H groups in total. The molecule has 0 bridgehead atoms. The summed E-state index contributed by atoms with van der Waals surface area (Å²) in [5.74, 6) is 2.02. The number of carbonyl (C=O) groups excluding carboxylic acids is 1. The summed E-state index contributed by atoms with van der Waals surface area (Å²) < 4.78 is 11.5. The van der Waals surface area contributed by atoms with Gasteiger partial charge in [0, 0.05) is 17.0 Å². The molecule has 0 aliphatic carbocycles. The molecular weight excluding hydrogens is 358 g/mol. The fourth-order valence-electron chi connectivity index (χ4n) is 2.81. The maximum absolute atomic E-state index is 12.5. The molecule has 7 nitrogen and oxygen atoms in total. The highest BCUT2D eigenvalue weighted by Crippen LogP contribution is 2.44. The molecule has 2 aromatic carbocycles. The maximum Gasteiger partial charge on any atom is 0.341 e. The van der Waals surface area contributed by atoms with Crippen molar-refractivity contribution in [2.75, 3.05) is 19.0 Å². The van der Waals surface area contributed by atoms with E-state index in [4.69, 9.17) is 21.1 Å². The van der Waals surface area contributed by atoms with E-state index in [-0.39, 0.29) is 12.4 Å². The van der Waals surface area contributed by atoms with Crippen LogP contribution in [0.15, 0.2) is 47.8 Å². The number of hydrogen-bond acceptors (Lipinski definition) is 5. The molecule has 1 atom stereocenters. The molecule has 1 heterocycles. The third-order valence-electron chi connectivity index (χ3n) is 3.95. The Balaban J connectivity index is 1.98. The molecule has 3 rings (SSSR count). The third kappa shape index (κ3) is 3.57. The number of ether oxygens (including phenoxy) is 2. The van der Waals surface area contributed by atoms with Gasteiger partial charge in [0.1, 0.15) is 17.2 Å². The van der Waals surface area contributed by atoms with Crippen molar-refractivity contribution in [3.05, 3.63) is 58.5 Å². The zero-order valence-electron chi connectivity index (χ0n) is 14.1. The number of carbonyl (C=O) groups is 1. The number of hydrogen-bond donors (Lipinski definition) is 1. The van der Waals surface area contributed by atoms with Gasteiger partial charge in [0.2, 0.25) is 0 Å². The van der Waals surface area contributed by atoms with Crippen molar-refractivity contribution in [3.63, 3.8) is 0 Å². The number of rotatable bonds is 6. The summed E-state index contributed by atoms with van der Waals surface area (Å²) in [6.45, 7) is 2.43. The van der Waals surface area contributed by atoms with Crippen LogP contribution < -0.4 is 14.8 Å². The van der Waals surface area contributed by atoms with Gasteiger partial charge in [0.15, 0.2) is 0 Å². The number of nitrogens with zero attached hydrogens (tertiary/aromatic N) is 2. The Bertz CT molecular complexity index is 815. The minimum Gasteiger partial charge on any atom is -0.494 e. The smallest absolute Gasteiger partial charge is 0.341 e. The average molecular weight is 376 g/mol. The molecule has 1 aliphatic heterocycles. The number of alkyl halides is 1. The van der Waals surface area contributed by atoms with E-state index in [2.05, 4.69) is 10.6 Å². The van der Waals surface area contributed by atoms with Gasteiger partial charge >= 0.3 is 6.03 Å². The van der Waals surface area contributed by atoms with Crippen LogP contribution in [0.2, 0.25) is 0 Å². The minimum atomic E-state index is -0.630. The molecule has 2 aromatic rings.